The van der Waals surface area contributed by atoms with Crippen LogP contribution in [-0.2, 0) is 17.8 Å². The highest BCUT2D eigenvalue weighted by Crippen LogP contribution is 2.29. The van der Waals surface area contributed by atoms with Crippen LogP contribution >= 0.6 is 11.3 Å². The third-order valence-electron chi connectivity index (χ3n) is 4.34. The number of aryl methyl sites for hydroxylation is 2. The number of hydrogen-bond acceptors (Lipinski definition) is 5. The minimum atomic E-state index is -0.241. The molecule has 2 aromatic heterocycles. The molecule has 1 amide bonds. The van der Waals surface area contributed by atoms with E-state index in [0.717, 1.165) is 42.2 Å². The molecule has 1 aliphatic heterocycles. The van der Waals surface area contributed by atoms with Gasteiger partial charge >= 0.3 is 0 Å². The fourth-order valence-electron chi connectivity index (χ4n) is 2.97. The molecule has 1 saturated heterocycles. The number of hydrogen-bond donors (Lipinski definition) is 0. The summed E-state index contributed by atoms with van der Waals surface area (Å²) in [5.74, 6) is 0.252. The van der Waals surface area contributed by atoms with Crippen molar-refractivity contribution < 1.29 is 4.79 Å². The normalized spacial score (nSPS) is 17.9. The van der Waals surface area contributed by atoms with Gasteiger partial charge in [-0.15, -0.1) is 11.3 Å². The number of amides is 1. The summed E-state index contributed by atoms with van der Waals surface area (Å²) in [4.78, 5) is 30.9. The SMILES string of the molecule is CCc1csc([C@@H]2CCCN(C(=O)Cn3nc(C)ccc3=O)C2)n1. The summed E-state index contributed by atoms with van der Waals surface area (Å²) in [6, 6.07) is 3.12. The lowest BCUT2D eigenvalue weighted by Crippen LogP contribution is -2.42. The van der Waals surface area contributed by atoms with Crippen LogP contribution in [0.3, 0.4) is 0 Å². The number of carbonyl (C=O) groups excluding carboxylic acids is 1. The largest absolute Gasteiger partial charge is 0.340 e. The second-order valence-corrected chi connectivity index (χ2v) is 7.07. The molecule has 6 nitrogen and oxygen atoms in total. The van der Waals surface area contributed by atoms with Crippen LogP contribution in [-0.4, -0.2) is 38.7 Å². The van der Waals surface area contributed by atoms with Crippen molar-refractivity contribution in [2.45, 2.75) is 45.6 Å². The molecular weight excluding hydrogens is 324 g/mol. The molecule has 0 aromatic carbocycles. The van der Waals surface area contributed by atoms with Gasteiger partial charge in [0.15, 0.2) is 0 Å². The predicted octanol–water partition coefficient (Wildman–Crippen LogP) is 1.98. The highest BCUT2D eigenvalue weighted by molar-refractivity contribution is 7.09. The first-order valence-corrected chi connectivity index (χ1v) is 9.21. The smallest absolute Gasteiger partial charge is 0.267 e. The summed E-state index contributed by atoms with van der Waals surface area (Å²) < 4.78 is 1.25. The molecule has 0 saturated carbocycles. The number of piperidine rings is 1. The third-order valence-corrected chi connectivity index (χ3v) is 5.40. The maximum absolute atomic E-state index is 12.6. The van der Waals surface area contributed by atoms with Crippen LogP contribution in [0.5, 0.6) is 0 Å². The Hall–Kier alpha value is -2.02. The average Bonchev–Trinajstić information content (AvgIpc) is 3.07. The van der Waals surface area contributed by atoms with Gasteiger partial charge < -0.3 is 4.90 Å². The van der Waals surface area contributed by atoms with Gasteiger partial charge in [-0.3, -0.25) is 9.59 Å². The van der Waals surface area contributed by atoms with Crippen molar-refractivity contribution in [3.8, 4) is 0 Å². The van der Waals surface area contributed by atoms with Crippen LogP contribution in [0.2, 0.25) is 0 Å². The summed E-state index contributed by atoms with van der Waals surface area (Å²) in [6.07, 6.45) is 2.96. The molecule has 128 valence electrons. The molecule has 0 spiro atoms. The molecule has 0 radical (unpaired) electrons. The minimum absolute atomic E-state index is 0.00527. The molecule has 0 unspecified atom stereocenters. The van der Waals surface area contributed by atoms with Crippen molar-refractivity contribution >= 4 is 17.2 Å². The van der Waals surface area contributed by atoms with Gasteiger partial charge in [0.25, 0.3) is 5.56 Å². The number of nitrogens with zero attached hydrogens (tertiary/aromatic N) is 4. The monoisotopic (exact) mass is 346 g/mol. The Morgan fingerprint density at radius 1 is 1.42 bits per heavy atom. The molecular formula is C17H22N4O2S. The van der Waals surface area contributed by atoms with E-state index in [1.54, 1.807) is 17.4 Å². The number of likely N-dealkylation sites (tertiary alicyclic amines) is 1. The zero-order valence-electron chi connectivity index (χ0n) is 14.1. The summed E-state index contributed by atoms with van der Waals surface area (Å²) >= 11 is 1.69. The summed E-state index contributed by atoms with van der Waals surface area (Å²) in [5, 5.41) is 7.37. The van der Waals surface area contributed by atoms with Gasteiger partial charge in [-0.05, 0) is 32.3 Å². The topological polar surface area (TPSA) is 68.1 Å². The quantitative estimate of drug-likeness (QED) is 0.849. The number of thiazole rings is 1. The van der Waals surface area contributed by atoms with Crippen molar-refractivity contribution in [1.82, 2.24) is 19.7 Å². The first-order valence-electron chi connectivity index (χ1n) is 8.33. The van der Waals surface area contributed by atoms with Gasteiger partial charge in [-0.25, -0.2) is 9.67 Å². The number of rotatable bonds is 4. The summed E-state index contributed by atoms with van der Waals surface area (Å²) in [5.41, 5.74) is 1.61. The molecule has 0 bridgehead atoms. The highest BCUT2D eigenvalue weighted by Gasteiger charge is 2.27. The van der Waals surface area contributed by atoms with Crippen LogP contribution in [0.4, 0.5) is 0 Å². The zero-order valence-corrected chi connectivity index (χ0v) is 14.9. The molecule has 7 heteroatoms. The lowest BCUT2D eigenvalue weighted by Gasteiger charge is -2.31. The predicted molar refractivity (Wildman–Crippen MR) is 93.3 cm³/mol. The Balaban J connectivity index is 1.68. The molecule has 2 aromatic rings. The highest BCUT2D eigenvalue weighted by atomic mass is 32.1. The van der Waals surface area contributed by atoms with Gasteiger partial charge in [0.1, 0.15) is 6.54 Å². The van der Waals surface area contributed by atoms with Crippen LogP contribution in [0.25, 0.3) is 0 Å². The second kappa shape index (κ2) is 7.25. The van der Waals surface area contributed by atoms with Crippen molar-refractivity contribution in [1.29, 1.82) is 0 Å². The van der Waals surface area contributed by atoms with E-state index in [1.807, 2.05) is 11.8 Å². The Morgan fingerprint density at radius 3 is 3.00 bits per heavy atom. The van der Waals surface area contributed by atoms with Crippen LogP contribution in [0, 0.1) is 6.92 Å². The maximum atomic E-state index is 12.6. The van der Waals surface area contributed by atoms with Crippen molar-refractivity contribution in [3.05, 3.63) is 44.3 Å². The van der Waals surface area contributed by atoms with E-state index in [-0.39, 0.29) is 18.0 Å². The van der Waals surface area contributed by atoms with E-state index < -0.39 is 0 Å². The third kappa shape index (κ3) is 3.72. The van der Waals surface area contributed by atoms with Crippen LogP contribution < -0.4 is 5.56 Å². The van der Waals surface area contributed by atoms with Crippen molar-refractivity contribution in [3.63, 3.8) is 0 Å². The van der Waals surface area contributed by atoms with Gasteiger partial charge in [-0.2, -0.15) is 5.10 Å². The lowest BCUT2D eigenvalue weighted by molar-refractivity contribution is -0.133. The minimum Gasteiger partial charge on any atom is -0.340 e. The summed E-state index contributed by atoms with van der Waals surface area (Å²) in [6.45, 7) is 5.33. The van der Waals surface area contributed by atoms with E-state index in [1.165, 1.54) is 10.7 Å². The molecule has 3 heterocycles. The average molecular weight is 346 g/mol. The van der Waals surface area contributed by atoms with Crippen LogP contribution in [0.15, 0.2) is 22.3 Å². The molecule has 0 aliphatic carbocycles. The van der Waals surface area contributed by atoms with E-state index in [9.17, 15) is 9.59 Å². The van der Waals surface area contributed by atoms with Gasteiger partial charge in [0, 0.05) is 30.5 Å². The van der Waals surface area contributed by atoms with Gasteiger partial charge in [-0.1, -0.05) is 6.92 Å². The lowest BCUT2D eigenvalue weighted by atomic mass is 9.98. The van der Waals surface area contributed by atoms with E-state index in [2.05, 4.69) is 22.4 Å². The number of carbonyl (C=O) groups is 1. The maximum Gasteiger partial charge on any atom is 0.267 e. The molecule has 3 rings (SSSR count). The summed E-state index contributed by atoms with van der Waals surface area (Å²) in [7, 11) is 0. The first-order chi connectivity index (χ1) is 11.6. The Labute approximate surface area is 145 Å². The van der Waals surface area contributed by atoms with E-state index >= 15 is 0 Å². The molecule has 0 N–H and O–H groups in total. The Morgan fingerprint density at radius 2 is 2.25 bits per heavy atom. The van der Waals surface area contributed by atoms with Crippen molar-refractivity contribution in [2.24, 2.45) is 0 Å². The molecule has 1 fully saturated rings. The molecule has 1 aliphatic rings. The fourth-order valence-corrected chi connectivity index (χ4v) is 4.00. The standard InChI is InChI=1S/C17H22N4O2S/c1-3-14-11-24-17(18-14)13-5-4-8-20(9-13)16(23)10-21-15(22)7-6-12(2)19-21/h6-7,11,13H,3-5,8-10H2,1-2H3/t13-/m1/s1. The zero-order chi connectivity index (χ0) is 17.1. The second-order valence-electron chi connectivity index (χ2n) is 6.18. The van der Waals surface area contributed by atoms with Crippen LogP contribution in [0.1, 0.15) is 42.1 Å². The van der Waals surface area contributed by atoms with Crippen molar-refractivity contribution in [2.75, 3.05) is 13.1 Å². The van der Waals surface area contributed by atoms with E-state index in [4.69, 9.17) is 0 Å². The van der Waals surface area contributed by atoms with Gasteiger partial charge in [0.05, 0.1) is 16.4 Å². The molecule has 24 heavy (non-hydrogen) atoms. The first kappa shape index (κ1) is 16.8. The Kier molecular flexibility index (Phi) is 5.08. The van der Waals surface area contributed by atoms with Gasteiger partial charge in [0.2, 0.25) is 5.91 Å². The Bertz CT molecular complexity index is 783. The molecule has 1 atom stereocenters. The fraction of sp³-hybridized carbons (Fsp3) is 0.529. The van der Waals surface area contributed by atoms with E-state index in [0.29, 0.717) is 12.5 Å². The number of aromatic nitrogens is 3.